The molecule has 0 fully saturated rings. The lowest BCUT2D eigenvalue weighted by atomic mass is 9.81. The minimum Gasteiger partial charge on any atom is -0.468 e. The fourth-order valence-corrected chi connectivity index (χ4v) is 4.59. The van der Waals surface area contributed by atoms with E-state index < -0.39 is 0 Å². The van der Waals surface area contributed by atoms with Crippen molar-refractivity contribution < 1.29 is 4.42 Å². The summed E-state index contributed by atoms with van der Waals surface area (Å²) in [7, 11) is 2.07. The molecule has 106 valence electrons. The molecule has 2 aromatic rings. The van der Waals surface area contributed by atoms with Gasteiger partial charge in [0.2, 0.25) is 0 Å². The average Bonchev–Trinajstić information content (AvgIpc) is 2.99. The summed E-state index contributed by atoms with van der Waals surface area (Å²) in [4.78, 5) is 0. The van der Waals surface area contributed by atoms with Crippen LogP contribution in [-0.4, -0.2) is 12.3 Å². The van der Waals surface area contributed by atoms with Crippen molar-refractivity contribution in [2.45, 2.75) is 36.3 Å². The molecule has 1 heterocycles. The highest BCUT2D eigenvalue weighted by molar-refractivity contribution is 7.99. The first kappa shape index (κ1) is 13.8. The molecule has 3 unspecified atom stereocenters. The van der Waals surface area contributed by atoms with Crippen LogP contribution in [0.1, 0.15) is 42.2 Å². The first-order valence-electron chi connectivity index (χ1n) is 7.19. The van der Waals surface area contributed by atoms with Crippen molar-refractivity contribution in [2.75, 3.05) is 7.05 Å². The second kappa shape index (κ2) is 6.06. The second-order valence-corrected chi connectivity index (χ2v) is 6.69. The van der Waals surface area contributed by atoms with Crippen LogP contribution in [0.3, 0.4) is 0 Å². The number of fused-ring (bicyclic) bond motifs is 1. The molecule has 2 nitrogen and oxygen atoms in total. The van der Waals surface area contributed by atoms with E-state index in [1.54, 1.807) is 6.26 Å². The normalized spacial score (nSPS) is 25.4. The number of nitrogens with one attached hydrogen (secondary N) is 1. The molecule has 20 heavy (non-hydrogen) atoms. The third-order valence-electron chi connectivity index (χ3n) is 4.15. The van der Waals surface area contributed by atoms with Crippen molar-refractivity contribution >= 4 is 11.8 Å². The molecule has 0 bridgehead atoms. The fourth-order valence-electron chi connectivity index (χ4n) is 3.14. The van der Waals surface area contributed by atoms with Gasteiger partial charge >= 0.3 is 0 Å². The summed E-state index contributed by atoms with van der Waals surface area (Å²) in [6, 6.07) is 13.3. The Morgan fingerprint density at radius 2 is 2.00 bits per heavy atom. The molecular formula is C17H21NOS. The van der Waals surface area contributed by atoms with Crippen molar-refractivity contribution in [3.05, 3.63) is 59.5 Å². The Morgan fingerprint density at radius 1 is 1.20 bits per heavy atom. The lowest BCUT2D eigenvalue weighted by Crippen LogP contribution is -2.33. The lowest BCUT2D eigenvalue weighted by Gasteiger charge is -2.36. The van der Waals surface area contributed by atoms with Gasteiger partial charge in [-0.05, 0) is 42.6 Å². The molecule has 1 aromatic carbocycles. The highest BCUT2D eigenvalue weighted by Gasteiger charge is 2.32. The molecule has 3 atom stereocenters. The van der Waals surface area contributed by atoms with Gasteiger partial charge in [0.25, 0.3) is 0 Å². The topological polar surface area (TPSA) is 25.2 Å². The fraction of sp³-hybridized carbons (Fsp3) is 0.412. The maximum absolute atomic E-state index is 5.45. The van der Waals surface area contributed by atoms with E-state index in [0.717, 1.165) is 11.5 Å². The van der Waals surface area contributed by atoms with Gasteiger partial charge in [0.05, 0.1) is 12.0 Å². The van der Waals surface area contributed by atoms with Crippen LogP contribution in [0.25, 0.3) is 0 Å². The van der Waals surface area contributed by atoms with Gasteiger partial charge in [0, 0.05) is 11.3 Å². The average molecular weight is 287 g/mol. The van der Waals surface area contributed by atoms with Crippen LogP contribution < -0.4 is 5.32 Å². The third kappa shape index (κ3) is 2.65. The molecular weight excluding hydrogens is 266 g/mol. The van der Waals surface area contributed by atoms with Crippen molar-refractivity contribution in [2.24, 2.45) is 0 Å². The summed E-state index contributed by atoms with van der Waals surface area (Å²) < 4.78 is 5.45. The van der Waals surface area contributed by atoms with Crippen LogP contribution in [0.2, 0.25) is 0 Å². The van der Waals surface area contributed by atoms with E-state index in [-0.39, 0.29) is 0 Å². The molecule has 1 aliphatic carbocycles. The van der Waals surface area contributed by atoms with Gasteiger partial charge in [-0.1, -0.05) is 31.2 Å². The van der Waals surface area contributed by atoms with Crippen molar-refractivity contribution in [3.8, 4) is 0 Å². The molecule has 0 saturated heterocycles. The van der Waals surface area contributed by atoms with E-state index >= 15 is 0 Å². The van der Waals surface area contributed by atoms with Gasteiger partial charge in [0.15, 0.2) is 0 Å². The maximum atomic E-state index is 5.45. The molecule has 1 aromatic heterocycles. The van der Waals surface area contributed by atoms with Gasteiger partial charge in [-0.2, -0.15) is 0 Å². The Kier molecular flexibility index (Phi) is 4.18. The van der Waals surface area contributed by atoms with Gasteiger partial charge in [-0.25, -0.2) is 0 Å². The number of benzene rings is 1. The summed E-state index contributed by atoms with van der Waals surface area (Å²) in [6.45, 7) is 2.34. The van der Waals surface area contributed by atoms with Crippen LogP contribution in [0.4, 0.5) is 0 Å². The van der Waals surface area contributed by atoms with E-state index in [9.17, 15) is 0 Å². The molecule has 3 rings (SSSR count). The molecule has 1 N–H and O–H groups in total. The summed E-state index contributed by atoms with van der Waals surface area (Å²) in [5, 5.41) is 4.10. The number of hydrogen-bond acceptors (Lipinski definition) is 3. The predicted octanol–water partition coefficient (Wildman–Crippen LogP) is 4.35. The minimum absolute atomic E-state index is 0.433. The zero-order chi connectivity index (χ0) is 13.9. The van der Waals surface area contributed by atoms with E-state index in [2.05, 4.69) is 49.6 Å². The molecule has 0 aliphatic heterocycles. The molecule has 3 heteroatoms. The van der Waals surface area contributed by atoms with E-state index in [0.29, 0.717) is 17.2 Å². The van der Waals surface area contributed by atoms with Gasteiger partial charge in [-0.15, -0.1) is 11.8 Å². The van der Waals surface area contributed by atoms with Crippen LogP contribution >= 0.6 is 11.8 Å². The molecule has 0 saturated carbocycles. The largest absolute Gasteiger partial charge is 0.468 e. The van der Waals surface area contributed by atoms with Crippen molar-refractivity contribution in [3.63, 3.8) is 0 Å². The summed E-state index contributed by atoms with van der Waals surface area (Å²) in [5.41, 5.74) is 2.97. The first-order valence-corrected chi connectivity index (χ1v) is 8.24. The smallest absolute Gasteiger partial charge is 0.113 e. The SMILES string of the molecule is CNC1c2ccccc2C(C)CC1SCc1ccco1. The van der Waals surface area contributed by atoms with E-state index in [1.807, 2.05) is 17.8 Å². The monoisotopic (exact) mass is 287 g/mol. The highest BCUT2D eigenvalue weighted by atomic mass is 32.2. The van der Waals surface area contributed by atoms with Gasteiger partial charge in [-0.3, -0.25) is 0 Å². The van der Waals surface area contributed by atoms with Crippen molar-refractivity contribution in [1.29, 1.82) is 0 Å². The number of thioether (sulfide) groups is 1. The number of hydrogen-bond donors (Lipinski definition) is 1. The van der Waals surface area contributed by atoms with Crippen LogP contribution in [0, 0.1) is 0 Å². The number of rotatable bonds is 4. The standard InChI is InChI=1S/C17H21NOS/c1-12-10-16(20-11-13-6-5-9-19-13)17(18-2)15-8-4-3-7-14(12)15/h3-9,12,16-18H,10-11H2,1-2H3. The summed E-state index contributed by atoms with van der Waals surface area (Å²) in [6.07, 6.45) is 2.97. The Hall–Kier alpha value is -1.19. The van der Waals surface area contributed by atoms with Gasteiger partial charge in [0.1, 0.15) is 5.76 Å². The Balaban J connectivity index is 1.78. The Morgan fingerprint density at radius 3 is 2.70 bits per heavy atom. The minimum atomic E-state index is 0.433. The lowest BCUT2D eigenvalue weighted by molar-refractivity contribution is 0.471. The molecule has 0 radical (unpaired) electrons. The zero-order valence-corrected chi connectivity index (χ0v) is 12.8. The second-order valence-electron chi connectivity index (χ2n) is 5.46. The van der Waals surface area contributed by atoms with E-state index in [4.69, 9.17) is 4.42 Å². The maximum Gasteiger partial charge on any atom is 0.113 e. The van der Waals surface area contributed by atoms with Crippen LogP contribution in [-0.2, 0) is 5.75 Å². The molecule has 1 aliphatic rings. The summed E-state index contributed by atoms with van der Waals surface area (Å²) in [5.74, 6) is 2.64. The highest BCUT2D eigenvalue weighted by Crippen LogP contribution is 2.43. The van der Waals surface area contributed by atoms with Crippen LogP contribution in [0.5, 0.6) is 0 Å². The molecule has 0 amide bonds. The quantitative estimate of drug-likeness (QED) is 0.905. The summed E-state index contributed by atoms with van der Waals surface area (Å²) >= 11 is 2.00. The number of furan rings is 1. The van der Waals surface area contributed by atoms with Gasteiger partial charge < -0.3 is 9.73 Å². The van der Waals surface area contributed by atoms with Crippen LogP contribution in [0.15, 0.2) is 47.1 Å². The zero-order valence-electron chi connectivity index (χ0n) is 12.0. The van der Waals surface area contributed by atoms with Crippen molar-refractivity contribution in [1.82, 2.24) is 5.32 Å². The Labute approximate surface area is 125 Å². The molecule has 0 spiro atoms. The third-order valence-corrected chi connectivity index (χ3v) is 5.49. The Bertz CT molecular complexity index is 552. The first-order chi connectivity index (χ1) is 9.79. The van der Waals surface area contributed by atoms with E-state index in [1.165, 1.54) is 17.5 Å². The predicted molar refractivity (Wildman–Crippen MR) is 85.1 cm³/mol.